The van der Waals surface area contributed by atoms with Crippen LogP contribution in [-0.4, -0.2) is 17.4 Å². The molecule has 0 atom stereocenters. The van der Waals surface area contributed by atoms with Crippen LogP contribution >= 0.6 is 0 Å². The van der Waals surface area contributed by atoms with Crippen molar-refractivity contribution in [3.05, 3.63) is 35.4 Å². The van der Waals surface area contributed by atoms with Gasteiger partial charge in [0.25, 0.3) is 0 Å². The summed E-state index contributed by atoms with van der Waals surface area (Å²) < 4.78 is 0. The number of hydrogen-bond donors (Lipinski definition) is 1. The first kappa shape index (κ1) is 10.0. The summed E-state index contributed by atoms with van der Waals surface area (Å²) in [6, 6.07) is 6.28. The molecule has 0 amide bonds. The lowest BCUT2D eigenvalue weighted by Crippen LogP contribution is -1.95. The highest BCUT2D eigenvalue weighted by Crippen LogP contribution is 2.03. The second-order valence-corrected chi connectivity index (χ2v) is 2.56. The average molecular weight is 188 g/mol. The molecule has 1 aromatic rings. The smallest absolute Gasteiger partial charge is 0.335 e. The zero-order valence-electron chi connectivity index (χ0n) is 7.36. The highest BCUT2D eigenvalue weighted by molar-refractivity contribution is 5.88. The van der Waals surface area contributed by atoms with E-state index >= 15 is 0 Å². The molecule has 3 heteroatoms. The summed E-state index contributed by atoms with van der Waals surface area (Å²) in [6.07, 6.45) is 0.866. The lowest BCUT2D eigenvalue weighted by atomic mass is 10.1. The number of carboxylic acid groups (broad SMARTS) is 1. The van der Waals surface area contributed by atoms with E-state index in [2.05, 4.69) is 11.8 Å². The van der Waals surface area contributed by atoms with Gasteiger partial charge in [-0.3, -0.25) is 0 Å². The van der Waals surface area contributed by atoms with E-state index in [0.29, 0.717) is 11.8 Å². The topological polar surface area (TPSA) is 54.4 Å². The number of aldehydes is 1. The number of hydrogen-bond acceptors (Lipinski definition) is 2. The molecule has 14 heavy (non-hydrogen) atoms. The normalized spacial score (nSPS) is 8.57. The maximum atomic E-state index is 10.6. The van der Waals surface area contributed by atoms with E-state index in [9.17, 15) is 9.59 Å². The lowest BCUT2D eigenvalue weighted by molar-refractivity contribution is -0.107. The summed E-state index contributed by atoms with van der Waals surface area (Å²) in [7, 11) is 0. The van der Waals surface area contributed by atoms with Crippen LogP contribution in [0.25, 0.3) is 0 Å². The molecular formula is C11H8O3. The number of carbonyl (C=O) groups is 2. The van der Waals surface area contributed by atoms with Crippen molar-refractivity contribution in [2.45, 2.75) is 6.42 Å². The fourth-order valence-electron chi connectivity index (χ4n) is 0.925. The van der Waals surface area contributed by atoms with Crippen molar-refractivity contribution in [3.63, 3.8) is 0 Å². The third-order valence-electron chi connectivity index (χ3n) is 1.53. The SMILES string of the molecule is O=CCC#Cc1cccc(C(=O)O)c1. The molecule has 0 bridgehead atoms. The van der Waals surface area contributed by atoms with Gasteiger partial charge in [-0.25, -0.2) is 4.79 Å². The number of carbonyl (C=O) groups excluding carboxylic acids is 1. The maximum absolute atomic E-state index is 10.6. The van der Waals surface area contributed by atoms with E-state index in [0.717, 1.165) is 0 Å². The predicted molar refractivity (Wildman–Crippen MR) is 51.0 cm³/mol. The minimum Gasteiger partial charge on any atom is -0.478 e. The van der Waals surface area contributed by atoms with Gasteiger partial charge in [0.15, 0.2) is 0 Å². The molecule has 0 fully saturated rings. The molecule has 0 aliphatic heterocycles. The zero-order chi connectivity index (χ0) is 10.4. The summed E-state index contributed by atoms with van der Waals surface area (Å²) in [5.74, 6) is 4.32. The monoisotopic (exact) mass is 188 g/mol. The molecule has 0 radical (unpaired) electrons. The van der Waals surface area contributed by atoms with E-state index in [1.165, 1.54) is 12.1 Å². The first-order chi connectivity index (χ1) is 6.74. The fraction of sp³-hybridized carbons (Fsp3) is 0.0909. The quantitative estimate of drug-likeness (QED) is 0.562. The molecule has 1 aromatic carbocycles. The molecule has 0 saturated heterocycles. The minimum absolute atomic E-state index is 0.164. The zero-order valence-corrected chi connectivity index (χ0v) is 7.36. The van der Waals surface area contributed by atoms with Crippen LogP contribution < -0.4 is 0 Å². The van der Waals surface area contributed by atoms with Crippen molar-refractivity contribution in [3.8, 4) is 11.8 Å². The minimum atomic E-state index is -0.982. The standard InChI is InChI=1S/C11H8O3/c12-7-2-1-4-9-5-3-6-10(8-9)11(13)14/h3,5-8H,2H2,(H,13,14). The number of benzene rings is 1. The van der Waals surface area contributed by atoms with Gasteiger partial charge in [-0.15, -0.1) is 0 Å². The van der Waals surface area contributed by atoms with E-state index in [4.69, 9.17) is 5.11 Å². The van der Waals surface area contributed by atoms with Gasteiger partial charge < -0.3 is 9.90 Å². The molecule has 0 saturated carbocycles. The van der Waals surface area contributed by atoms with Crippen LogP contribution in [-0.2, 0) is 4.79 Å². The molecule has 0 spiro atoms. The van der Waals surface area contributed by atoms with Crippen LogP contribution in [0.4, 0.5) is 0 Å². The van der Waals surface area contributed by atoms with Crippen LogP contribution in [0.3, 0.4) is 0 Å². The van der Waals surface area contributed by atoms with Crippen molar-refractivity contribution in [2.75, 3.05) is 0 Å². The fourth-order valence-corrected chi connectivity index (χ4v) is 0.925. The van der Waals surface area contributed by atoms with E-state index in [1.807, 2.05) is 0 Å². The van der Waals surface area contributed by atoms with Gasteiger partial charge in [-0.2, -0.15) is 0 Å². The highest BCUT2D eigenvalue weighted by atomic mass is 16.4. The van der Waals surface area contributed by atoms with Gasteiger partial charge in [0.05, 0.1) is 12.0 Å². The summed E-state index contributed by atoms with van der Waals surface area (Å²) in [5, 5.41) is 8.68. The molecule has 0 aromatic heterocycles. The molecule has 70 valence electrons. The Morgan fingerprint density at radius 1 is 1.50 bits per heavy atom. The molecule has 0 aliphatic carbocycles. The Kier molecular flexibility index (Phi) is 3.45. The first-order valence-electron chi connectivity index (χ1n) is 4.00. The van der Waals surface area contributed by atoms with Gasteiger partial charge >= 0.3 is 5.97 Å². The summed E-state index contributed by atoms with van der Waals surface area (Å²) >= 11 is 0. The van der Waals surface area contributed by atoms with E-state index in [1.54, 1.807) is 12.1 Å². The maximum Gasteiger partial charge on any atom is 0.335 e. The Hall–Kier alpha value is -2.08. The average Bonchev–Trinajstić information content (AvgIpc) is 2.19. The van der Waals surface area contributed by atoms with Crippen molar-refractivity contribution in [2.24, 2.45) is 0 Å². The Bertz CT molecular complexity index is 410. The molecule has 1 N–H and O–H groups in total. The molecular weight excluding hydrogens is 180 g/mol. The van der Waals surface area contributed by atoms with Crippen LogP contribution in [0.2, 0.25) is 0 Å². The molecule has 1 rings (SSSR count). The number of rotatable bonds is 2. The number of aromatic carboxylic acids is 1. The summed E-state index contributed by atoms with van der Waals surface area (Å²) in [5.41, 5.74) is 0.801. The van der Waals surface area contributed by atoms with E-state index < -0.39 is 5.97 Å². The van der Waals surface area contributed by atoms with Gasteiger partial charge in [-0.05, 0) is 18.2 Å². The van der Waals surface area contributed by atoms with Crippen LogP contribution in [0.5, 0.6) is 0 Å². The Morgan fingerprint density at radius 2 is 2.29 bits per heavy atom. The molecule has 0 unspecified atom stereocenters. The van der Waals surface area contributed by atoms with Gasteiger partial charge in [0.1, 0.15) is 6.29 Å². The van der Waals surface area contributed by atoms with Gasteiger partial charge in [0.2, 0.25) is 0 Å². The number of carboxylic acids is 1. The van der Waals surface area contributed by atoms with Crippen molar-refractivity contribution in [1.82, 2.24) is 0 Å². The van der Waals surface area contributed by atoms with Crippen LogP contribution in [0, 0.1) is 11.8 Å². The Morgan fingerprint density at radius 3 is 2.93 bits per heavy atom. The van der Waals surface area contributed by atoms with Crippen LogP contribution in [0.15, 0.2) is 24.3 Å². The van der Waals surface area contributed by atoms with E-state index in [-0.39, 0.29) is 12.0 Å². The second kappa shape index (κ2) is 4.83. The third-order valence-corrected chi connectivity index (χ3v) is 1.53. The molecule has 3 nitrogen and oxygen atoms in total. The predicted octanol–water partition coefficient (Wildman–Crippen LogP) is 1.33. The lowest BCUT2D eigenvalue weighted by Gasteiger charge is -1.93. The highest BCUT2D eigenvalue weighted by Gasteiger charge is 2.00. The van der Waals surface area contributed by atoms with Crippen molar-refractivity contribution >= 4 is 12.3 Å². The summed E-state index contributed by atoms with van der Waals surface area (Å²) in [4.78, 5) is 20.6. The van der Waals surface area contributed by atoms with Gasteiger partial charge in [0, 0.05) is 5.56 Å². The Labute approximate surface area is 81.4 Å². The Balaban J connectivity index is 2.90. The van der Waals surface area contributed by atoms with Crippen molar-refractivity contribution in [1.29, 1.82) is 0 Å². The van der Waals surface area contributed by atoms with Crippen LogP contribution in [0.1, 0.15) is 22.3 Å². The third kappa shape index (κ3) is 2.76. The largest absolute Gasteiger partial charge is 0.478 e. The first-order valence-corrected chi connectivity index (χ1v) is 4.00. The van der Waals surface area contributed by atoms with Gasteiger partial charge in [-0.1, -0.05) is 17.9 Å². The second-order valence-electron chi connectivity index (χ2n) is 2.56. The molecule has 0 aliphatic rings. The summed E-state index contributed by atoms with van der Waals surface area (Å²) in [6.45, 7) is 0. The van der Waals surface area contributed by atoms with Crippen molar-refractivity contribution < 1.29 is 14.7 Å². The molecule has 0 heterocycles.